The van der Waals surface area contributed by atoms with Crippen LogP contribution in [-0.2, 0) is 16.1 Å². The molecule has 0 saturated carbocycles. The lowest BCUT2D eigenvalue weighted by Gasteiger charge is -2.18. The number of hydrogen-bond acceptors (Lipinski definition) is 6. The molecule has 2 N–H and O–H groups in total. The lowest BCUT2D eigenvalue weighted by molar-refractivity contribution is -0.118. The van der Waals surface area contributed by atoms with E-state index < -0.39 is 0 Å². The van der Waals surface area contributed by atoms with Crippen molar-refractivity contribution >= 4 is 23.2 Å². The molecule has 9 nitrogen and oxygen atoms in total. The van der Waals surface area contributed by atoms with Crippen LogP contribution in [0.1, 0.15) is 12.8 Å². The van der Waals surface area contributed by atoms with Gasteiger partial charge in [-0.2, -0.15) is 0 Å². The lowest BCUT2D eigenvalue weighted by atomic mass is 10.2. The third-order valence-corrected chi connectivity index (χ3v) is 3.08. The van der Waals surface area contributed by atoms with E-state index in [0.29, 0.717) is 36.5 Å². The Morgan fingerprint density at radius 2 is 2.36 bits per heavy atom. The number of carbonyl (C=O) groups excluding carboxylic acids is 2. The number of rotatable bonds is 5. The molecule has 0 radical (unpaired) electrons. The fourth-order valence-electron chi connectivity index (χ4n) is 2.06. The van der Waals surface area contributed by atoms with Gasteiger partial charge in [0.15, 0.2) is 6.61 Å². The monoisotopic (exact) mass is 302 g/mol. The quantitative estimate of drug-likeness (QED) is 0.828. The van der Waals surface area contributed by atoms with Gasteiger partial charge >= 0.3 is 0 Å². The summed E-state index contributed by atoms with van der Waals surface area (Å²) in [5.41, 5.74) is 1.23. The first-order valence-electron chi connectivity index (χ1n) is 6.78. The average molecular weight is 302 g/mol. The first-order chi connectivity index (χ1) is 10.7. The molecule has 1 aliphatic rings. The number of ether oxygens (including phenoxy) is 1. The second-order valence-electron chi connectivity index (χ2n) is 4.77. The second-order valence-corrected chi connectivity index (χ2v) is 4.77. The van der Waals surface area contributed by atoms with Crippen LogP contribution in [-0.4, -0.2) is 38.6 Å². The number of fused-ring (bicyclic) bond motifs is 1. The highest BCUT2D eigenvalue weighted by Crippen LogP contribution is 2.30. The van der Waals surface area contributed by atoms with Crippen LogP contribution in [0, 0.1) is 0 Å². The van der Waals surface area contributed by atoms with E-state index in [1.54, 1.807) is 22.9 Å². The zero-order valence-corrected chi connectivity index (χ0v) is 11.7. The summed E-state index contributed by atoms with van der Waals surface area (Å²) in [6, 6.07) is 5.10. The number of nitrogens with one attached hydrogen (secondary N) is 2. The highest BCUT2D eigenvalue weighted by atomic mass is 16.5. The molecule has 2 heterocycles. The maximum Gasteiger partial charge on any atom is 0.262 e. The first kappa shape index (κ1) is 14.0. The zero-order chi connectivity index (χ0) is 15.4. The van der Waals surface area contributed by atoms with E-state index in [1.165, 1.54) is 6.33 Å². The molecule has 0 saturated heterocycles. The molecule has 9 heteroatoms. The number of aryl methyl sites for hydroxylation is 1. The number of aromatic nitrogens is 4. The molecule has 0 unspecified atom stereocenters. The SMILES string of the molecule is O=C(CCCn1cnnn1)Nc1ccc2c(c1)OCC(=O)N2. The fraction of sp³-hybridized carbons (Fsp3) is 0.308. The van der Waals surface area contributed by atoms with E-state index in [2.05, 4.69) is 26.2 Å². The smallest absolute Gasteiger partial charge is 0.262 e. The van der Waals surface area contributed by atoms with E-state index in [-0.39, 0.29) is 18.4 Å². The van der Waals surface area contributed by atoms with E-state index >= 15 is 0 Å². The van der Waals surface area contributed by atoms with Crippen LogP contribution < -0.4 is 15.4 Å². The Hall–Kier alpha value is -2.97. The van der Waals surface area contributed by atoms with Crippen LogP contribution in [0.2, 0.25) is 0 Å². The maximum atomic E-state index is 11.9. The summed E-state index contributed by atoms with van der Waals surface area (Å²) >= 11 is 0. The van der Waals surface area contributed by atoms with Gasteiger partial charge in [0.1, 0.15) is 12.1 Å². The molecular weight excluding hydrogens is 288 g/mol. The van der Waals surface area contributed by atoms with Crippen molar-refractivity contribution in [2.24, 2.45) is 0 Å². The Kier molecular flexibility index (Phi) is 3.95. The number of anilines is 2. The fourth-order valence-corrected chi connectivity index (χ4v) is 2.06. The van der Waals surface area contributed by atoms with E-state index in [0.717, 1.165) is 0 Å². The minimum atomic E-state index is -0.188. The topological polar surface area (TPSA) is 111 Å². The third kappa shape index (κ3) is 3.37. The summed E-state index contributed by atoms with van der Waals surface area (Å²) in [5, 5.41) is 16.3. The summed E-state index contributed by atoms with van der Waals surface area (Å²) in [6.45, 7) is 0.566. The molecule has 1 aromatic heterocycles. The number of hydrogen-bond donors (Lipinski definition) is 2. The number of tetrazole rings is 1. The number of carbonyl (C=O) groups is 2. The summed E-state index contributed by atoms with van der Waals surface area (Å²) in [5.74, 6) is 0.255. The third-order valence-electron chi connectivity index (χ3n) is 3.08. The Bertz CT molecular complexity index is 685. The Morgan fingerprint density at radius 3 is 3.18 bits per heavy atom. The Morgan fingerprint density at radius 1 is 1.45 bits per heavy atom. The molecule has 2 amide bonds. The van der Waals surface area contributed by atoms with Crippen molar-refractivity contribution in [3.8, 4) is 5.75 Å². The highest BCUT2D eigenvalue weighted by Gasteiger charge is 2.16. The largest absolute Gasteiger partial charge is 0.482 e. The summed E-state index contributed by atoms with van der Waals surface area (Å²) in [4.78, 5) is 23.1. The molecule has 0 fully saturated rings. The zero-order valence-electron chi connectivity index (χ0n) is 11.7. The Balaban J connectivity index is 1.52. The number of amides is 2. The second kappa shape index (κ2) is 6.20. The highest BCUT2D eigenvalue weighted by molar-refractivity contribution is 5.97. The van der Waals surface area contributed by atoms with Crippen molar-refractivity contribution in [2.45, 2.75) is 19.4 Å². The van der Waals surface area contributed by atoms with Gasteiger partial charge in [0.25, 0.3) is 5.91 Å². The van der Waals surface area contributed by atoms with Crippen LogP contribution in [0.25, 0.3) is 0 Å². The molecule has 0 atom stereocenters. The summed E-state index contributed by atoms with van der Waals surface area (Å²) in [7, 11) is 0. The van der Waals surface area contributed by atoms with Crippen molar-refractivity contribution in [1.29, 1.82) is 0 Å². The van der Waals surface area contributed by atoms with Crippen LogP contribution in [0.15, 0.2) is 24.5 Å². The van der Waals surface area contributed by atoms with Gasteiger partial charge in [0.2, 0.25) is 5.91 Å². The van der Waals surface area contributed by atoms with Crippen LogP contribution in [0.5, 0.6) is 5.75 Å². The molecule has 114 valence electrons. The lowest BCUT2D eigenvalue weighted by Crippen LogP contribution is -2.25. The van der Waals surface area contributed by atoms with Gasteiger partial charge in [-0.25, -0.2) is 4.68 Å². The molecule has 0 spiro atoms. The van der Waals surface area contributed by atoms with Crippen LogP contribution >= 0.6 is 0 Å². The molecule has 1 aromatic carbocycles. The Labute approximate surface area is 125 Å². The van der Waals surface area contributed by atoms with E-state index in [1.807, 2.05) is 0 Å². The maximum absolute atomic E-state index is 11.9. The van der Waals surface area contributed by atoms with Crippen molar-refractivity contribution < 1.29 is 14.3 Å². The predicted octanol–water partition coefficient (Wildman–Crippen LogP) is 0.423. The van der Waals surface area contributed by atoms with Gasteiger partial charge in [-0.3, -0.25) is 9.59 Å². The van der Waals surface area contributed by atoms with Crippen molar-refractivity contribution in [3.63, 3.8) is 0 Å². The molecule has 22 heavy (non-hydrogen) atoms. The summed E-state index contributed by atoms with van der Waals surface area (Å²) in [6.07, 6.45) is 2.50. The molecule has 2 aromatic rings. The van der Waals surface area contributed by atoms with Gasteiger partial charge in [0, 0.05) is 24.7 Å². The molecule has 0 aliphatic carbocycles. The predicted molar refractivity (Wildman–Crippen MR) is 76.2 cm³/mol. The number of benzene rings is 1. The minimum absolute atomic E-state index is 0.0175. The summed E-state index contributed by atoms with van der Waals surface area (Å²) < 4.78 is 6.87. The molecule has 1 aliphatic heterocycles. The van der Waals surface area contributed by atoms with Crippen LogP contribution in [0.3, 0.4) is 0 Å². The van der Waals surface area contributed by atoms with Gasteiger partial charge in [-0.15, -0.1) is 5.10 Å². The minimum Gasteiger partial charge on any atom is -0.482 e. The van der Waals surface area contributed by atoms with E-state index in [4.69, 9.17) is 4.74 Å². The first-order valence-corrected chi connectivity index (χ1v) is 6.78. The van der Waals surface area contributed by atoms with Crippen molar-refractivity contribution in [1.82, 2.24) is 20.2 Å². The standard InChI is InChI=1S/C13H14N6O3/c20-12(2-1-5-19-8-14-17-18-19)15-9-3-4-10-11(6-9)22-7-13(21)16-10/h3-4,6,8H,1-2,5,7H2,(H,15,20)(H,16,21). The van der Waals surface area contributed by atoms with Crippen LogP contribution in [0.4, 0.5) is 11.4 Å². The molecule has 3 rings (SSSR count). The molecule has 0 bridgehead atoms. The van der Waals surface area contributed by atoms with E-state index in [9.17, 15) is 9.59 Å². The van der Waals surface area contributed by atoms with Gasteiger partial charge in [0.05, 0.1) is 5.69 Å². The number of nitrogens with zero attached hydrogens (tertiary/aromatic N) is 4. The molecular formula is C13H14N6O3. The average Bonchev–Trinajstić information content (AvgIpc) is 3.01. The van der Waals surface area contributed by atoms with Crippen molar-refractivity contribution in [2.75, 3.05) is 17.2 Å². The van der Waals surface area contributed by atoms with Gasteiger partial charge in [-0.1, -0.05) is 0 Å². The normalized spacial score (nSPS) is 13.0. The van der Waals surface area contributed by atoms with Gasteiger partial charge < -0.3 is 15.4 Å². The van der Waals surface area contributed by atoms with Crippen molar-refractivity contribution in [3.05, 3.63) is 24.5 Å². The van der Waals surface area contributed by atoms with Gasteiger partial charge in [-0.05, 0) is 29.0 Å².